The molecule has 25 heavy (non-hydrogen) atoms. The quantitative estimate of drug-likeness (QED) is 0.705. The first kappa shape index (κ1) is 16.0. The molecule has 2 unspecified atom stereocenters. The normalized spacial score (nSPS) is 18.8. The van der Waals surface area contributed by atoms with Gasteiger partial charge >= 0.3 is 0 Å². The summed E-state index contributed by atoms with van der Waals surface area (Å²) in [6.45, 7) is 2.09. The number of aryl methyl sites for hydroxylation is 1. The monoisotopic (exact) mass is 352 g/mol. The van der Waals surface area contributed by atoms with Crippen LogP contribution in [0.15, 0.2) is 43.0 Å². The predicted molar refractivity (Wildman–Crippen MR) is 95.9 cm³/mol. The number of hydrogen-bond acceptors (Lipinski definition) is 5. The number of halogens is 1. The van der Waals surface area contributed by atoms with E-state index in [-0.39, 0.29) is 0 Å². The highest BCUT2D eigenvalue weighted by molar-refractivity contribution is 6.32. The molecule has 0 saturated heterocycles. The van der Waals surface area contributed by atoms with E-state index in [1.54, 1.807) is 25.6 Å². The van der Waals surface area contributed by atoms with Crippen LogP contribution in [0.2, 0.25) is 5.02 Å². The molecular weight excluding hydrogens is 336 g/mol. The second kappa shape index (κ2) is 6.41. The number of ether oxygens (including phenoxy) is 1. The van der Waals surface area contributed by atoms with Gasteiger partial charge in [0.1, 0.15) is 5.75 Å². The van der Waals surface area contributed by atoms with Gasteiger partial charge in [0.15, 0.2) is 11.6 Å². The first-order chi connectivity index (χ1) is 12.2. The fourth-order valence-corrected chi connectivity index (χ4v) is 3.49. The summed E-state index contributed by atoms with van der Waals surface area (Å²) >= 11 is 6.20. The lowest BCUT2D eigenvalue weighted by Crippen LogP contribution is -1.96. The summed E-state index contributed by atoms with van der Waals surface area (Å²) < 4.78 is 5.35. The van der Waals surface area contributed by atoms with Crippen molar-refractivity contribution in [2.24, 2.45) is 0 Å². The first-order valence-electron chi connectivity index (χ1n) is 8.10. The third kappa shape index (κ3) is 3.07. The van der Waals surface area contributed by atoms with Gasteiger partial charge in [0.2, 0.25) is 0 Å². The molecule has 2 aromatic heterocycles. The van der Waals surface area contributed by atoms with E-state index in [9.17, 15) is 0 Å². The topological polar surface area (TPSA) is 60.8 Å². The fourth-order valence-electron chi connectivity index (χ4n) is 3.19. The van der Waals surface area contributed by atoms with Gasteiger partial charge in [-0.05, 0) is 60.1 Å². The van der Waals surface area contributed by atoms with Crippen LogP contribution in [0.3, 0.4) is 0 Å². The first-order valence-corrected chi connectivity index (χ1v) is 8.48. The smallest absolute Gasteiger partial charge is 0.197 e. The standard InChI is InChI=1S/C19H17ClN4O/c1-11-6-16(20)17(25-2)8-13(11)15-7-14(15)12-9-23-19(24-10-12)18-21-4-3-5-22-18/h3-6,8-10,14-15H,7H2,1-2H3. The Bertz CT molecular complexity index is 899. The van der Waals surface area contributed by atoms with E-state index in [0.29, 0.717) is 28.5 Å². The number of benzene rings is 1. The van der Waals surface area contributed by atoms with E-state index in [1.165, 1.54) is 11.1 Å². The lowest BCUT2D eigenvalue weighted by atomic mass is 10.0. The van der Waals surface area contributed by atoms with E-state index >= 15 is 0 Å². The van der Waals surface area contributed by atoms with Crippen LogP contribution in [0.25, 0.3) is 11.6 Å². The van der Waals surface area contributed by atoms with Crippen LogP contribution in [0, 0.1) is 6.92 Å². The number of methoxy groups -OCH3 is 1. The van der Waals surface area contributed by atoms with Crippen LogP contribution >= 0.6 is 11.6 Å². The Labute approximate surface area is 151 Å². The molecular formula is C19H17ClN4O. The van der Waals surface area contributed by atoms with E-state index in [4.69, 9.17) is 16.3 Å². The Balaban J connectivity index is 1.56. The highest BCUT2D eigenvalue weighted by Crippen LogP contribution is 2.56. The average molecular weight is 353 g/mol. The molecule has 1 aliphatic rings. The van der Waals surface area contributed by atoms with Gasteiger partial charge in [-0.15, -0.1) is 0 Å². The van der Waals surface area contributed by atoms with Crippen LogP contribution in [-0.4, -0.2) is 27.0 Å². The Kier molecular flexibility index (Phi) is 4.09. The van der Waals surface area contributed by atoms with Gasteiger partial charge in [0.25, 0.3) is 0 Å². The van der Waals surface area contributed by atoms with Crippen molar-refractivity contribution < 1.29 is 4.74 Å². The van der Waals surface area contributed by atoms with E-state index in [1.807, 2.05) is 18.5 Å². The molecule has 2 atom stereocenters. The zero-order chi connectivity index (χ0) is 17.4. The molecule has 0 amide bonds. The minimum absolute atomic E-state index is 0.426. The van der Waals surface area contributed by atoms with Gasteiger partial charge in [0.05, 0.1) is 12.1 Å². The molecule has 126 valence electrons. The summed E-state index contributed by atoms with van der Waals surface area (Å²) in [7, 11) is 1.64. The third-order valence-corrected chi connectivity index (χ3v) is 4.89. The molecule has 0 aliphatic heterocycles. The minimum atomic E-state index is 0.426. The zero-order valence-electron chi connectivity index (χ0n) is 14.0. The van der Waals surface area contributed by atoms with Gasteiger partial charge in [-0.3, -0.25) is 0 Å². The van der Waals surface area contributed by atoms with Crippen LogP contribution in [0.4, 0.5) is 0 Å². The maximum atomic E-state index is 6.20. The van der Waals surface area contributed by atoms with Crippen molar-refractivity contribution in [2.45, 2.75) is 25.2 Å². The van der Waals surface area contributed by atoms with Crippen LogP contribution in [0.5, 0.6) is 5.75 Å². The lowest BCUT2D eigenvalue weighted by Gasteiger charge is -2.10. The summed E-state index contributed by atoms with van der Waals surface area (Å²) in [4.78, 5) is 17.2. The number of aromatic nitrogens is 4. The highest BCUT2D eigenvalue weighted by Gasteiger charge is 2.41. The van der Waals surface area contributed by atoms with Crippen LogP contribution in [0.1, 0.15) is 34.9 Å². The number of rotatable bonds is 4. The number of nitrogens with zero attached hydrogens (tertiary/aromatic N) is 4. The second-order valence-electron chi connectivity index (χ2n) is 6.20. The van der Waals surface area contributed by atoms with Crippen LogP contribution < -0.4 is 4.74 Å². The summed E-state index contributed by atoms with van der Waals surface area (Å²) in [6.07, 6.45) is 8.22. The Hall–Kier alpha value is -2.53. The average Bonchev–Trinajstić information content (AvgIpc) is 3.43. The summed E-state index contributed by atoms with van der Waals surface area (Å²) in [5, 5.41) is 0.650. The molecule has 6 heteroatoms. The fraction of sp³-hybridized carbons (Fsp3) is 0.263. The van der Waals surface area contributed by atoms with E-state index < -0.39 is 0 Å². The molecule has 1 aliphatic carbocycles. The van der Waals surface area contributed by atoms with E-state index in [0.717, 1.165) is 17.7 Å². The van der Waals surface area contributed by atoms with Gasteiger partial charge in [-0.1, -0.05) is 11.6 Å². The molecule has 2 heterocycles. The van der Waals surface area contributed by atoms with Crippen molar-refractivity contribution >= 4 is 11.6 Å². The molecule has 1 fully saturated rings. The van der Waals surface area contributed by atoms with Crippen molar-refractivity contribution in [1.82, 2.24) is 19.9 Å². The maximum Gasteiger partial charge on any atom is 0.197 e. The van der Waals surface area contributed by atoms with Crippen molar-refractivity contribution in [1.29, 1.82) is 0 Å². The van der Waals surface area contributed by atoms with Gasteiger partial charge in [0, 0.05) is 24.8 Å². The zero-order valence-corrected chi connectivity index (χ0v) is 14.7. The Morgan fingerprint density at radius 3 is 2.36 bits per heavy atom. The molecule has 5 nitrogen and oxygen atoms in total. The van der Waals surface area contributed by atoms with Gasteiger partial charge < -0.3 is 4.74 Å². The van der Waals surface area contributed by atoms with Crippen molar-refractivity contribution in [2.75, 3.05) is 7.11 Å². The van der Waals surface area contributed by atoms with Crippen molar-refractivity contribution in [3.63, 3.8) is 0 Å². The Morgan fingerprint density at radius 1 is 1.00 bits per heavy atom. The molecule has 1 aromatic carbocycles. The molecule has 0 spiro atoms. The summed E-state index contributed by atoms with van der Waals surface area (Å²) in [6, 6.07) is 5.79. The van der Waals surface area contributed by atoms with Crippen molar-refractivity contribution in [3.05, 3.63) is 64.7 Å². The largest absolute Gasteiger partial charge is 0.495 e. The number of hydrogen-bond donors (Lipinski definition) is 0. The summed E-state index contributed by atoms with van der Waals surface area (Å²) in [5.74, 6) is 2.69. The third-order valence-electron chi connectivity index (χ3n) is 4.60. The molecule has 0 N–H and O–H groups in total. The predicted octanol–water partition coefficient (Wildman–Crippen LogP) is 4.18. The van der Waals surface area contributed by atoms with Crippen LogP contribution in [-0.2, 0) is 0 Å². The maximum absolute atomic E-state index is 6.20. The second-order valence-corrected chi connectivity index (χ2v) is 6.61. The molecule has 3 aromatic rings. The Morgan fingerprint density at radius 2 is 1.68 bits per heavy atom. The highest BCUT2D eigenvalue weighted by atomic mass is 35.5. The van der Waals surface area contributed by atoms with Crippen molar-refractivity contribution in [3.8, 4) is 17.4 Å². The summed E-state index contributed by atoms with van der Waals surface area (Å²) in [5.41, 5.74) is 3.60. The van der Waals surface area contributed by atoms with E-state index in [2.05, 4.69) is 32.9 Å². The SMILES string of the molecule is COc1cc(C2CC2c2cnc(-c3ncccn3)nc2)c(C)cc1Cl. The molecule has 4 rings (SSSR count). The van der Waals surface area contributed by atoms with Gasteiger partial charge in [-0.25, -0.2) is 19.9 Å². The molecule has 1 saturated carbocycles. The van der Waals surface area contributed by atoms with Gasteiger partial charge in [-0.2, -0.15) is 0 Å². The minimum Gasteiger partial charge on any atom is -0.495 e. The molecule has 0 radical (unpaired) electrons. The lowest BCUT2D eigenvalue weighted by molar-refractivity contribution is 0.414. The molecule has 0 bridgehead atoms.